The monoisotopic (exact) mass is 395 g/mol. The van der Waals surface area contributed by atoms with Crippen LogP contribution in [0.3, 0.4) is 0 Å². The van der Waals surface area contributed by atoms with Gasteiger partial charge in [0.1, 0.15) is 6.10 Å². The maximum atomic E-state index is 12.5. The number of nitrogens with zero attached hydrogens (tertiary/aromatic N) is 3. The predicted octanol–water partition coefficient (Wildman–Crippen LogP) is 2.37. The Bertz CT molecular complexity index is 636. The Hall–Kier alpha value is -1.70. The SMILES string of the molecule is O=C(c1ccccc1I)N1CCC(Oc2cccnn2)C1. The maximum Gasteiger partial charge on any atom is 0.255 e. The third kappa shape index (κ3) is 3.31. The van der Waals surface area contributed by atoms with Crippen molar-refractivity contribution in [2.75, 3.05) is 13.1 Å². The molecule has 0 radical (unpaired) electrons. The highest BCUT2D eigenvalue weighted by Crippen LogP contribution is 2.20. The molecule has 0 bridgehead atoms. The highest BCUT2D eigenvalue weighted by molar-refractivity contribution is 14.1. The summed E-state index contributed by atoms with van der Waals surface area (Å²) in [6.07, 6.45) is 2.40. The number of halogens is 1. The van der Waals surface area contributed by atoms with E-state index in [9.17, 15) is 4.79 Å². The van der Waals surface area contributed by atoms with Gasteiger partial charge in [0, 0.05) is 28.8 Å². The molecule has 0 saturated carbocycles. The number of rotatable bonds is 3. The average molecular weight is 395 g/mol. The lowest BCUT2D eigenvalue weighted by molar-refractivity contribution is 0.0770. The summed E-state index contributed by atoms with van der Waals surface area (Å²) in [5, 5.41) is 7.69. The molecular formula is C15H14IN3O2. The van der Waals surface area contributed by atoms with Gasteiger partial charge in [0.2, 0.25) is 5.88 Å². The Morgan fingerprint density at radius 3 is 2.90 bits per heavy atom. The number of ether oxygens (including phenoxy) is 1. The van der Waals surface area contributed by atoms with Gasteiger partial charge in [-0.15, -0.1) is 5.10 Å². The minimum absolute atomic E-state index is 0.0213. The Balaban J connectivity index is 1.65. The van der Waals surface area contributed by atoms with E-state index >= 15 is 0 Å². The van der Waals surface area contributed by atoms with Crippen molar-refractivity contribution in [3.05, 3.63) is 51.7 Å². The van der Waals surface area contributed by atoms with E-state index in [0.29, 0.717) is 19.0 Å². The van der Waals surface area contributed by atoms with Gasteiger partial charge in [-0.1, -0.05) is 12.1 Å². The number of carbonyl (C=O) groups is 1. The predicted molar refractivity (Wildman–Crippen MR) is 86.1 cm³/mol. The molecule has 5 nitrogen and oxygen atoms in total. The zero-order valence-electron chi connectivity index (χ0n) is 11.3. The van der Waals surface area contributed by atoms with Crippen LogP contribution in [0.25, 0.3) is 0 Å². The summed E-state index contributed by atoms with van der Waals surface area (Å²) in [5.74, 6) is 0.566. The molecule has 1 aliphatic heterocycles. The van der Waals surface area contributed by atoms with Crippen molar-refractivity contribution in [3.8, 4) is 5.88 Å². The summed E-state index contributed by atoms with van der Waals surface area (Å²) >= 11 is 2.19. The van der Waals surface area contributed by atoms with Crippen molar-refractivity contribution in [2.45, 2.75) is 12.5 Å². The van der Waals surface area contributed by atoms with Crippen molar-refractivity contribution in [3.63, 3.8) is 0 Å². The van der Waals surface area contributed by atoms with Crippen LogP contribution in [0.2, 0.25) is 0 Å². The van der Waals surface area contributed by atoms with E-state index in [-0.39, 0.29) is 12.0 Å². The fourth-order valence-corrected chi connectivity index (χ4v) is 2.95. The zero-order valence-corrected chi connectivity index (χ0v) is 13.4. The molecule has 0 spiro atoms. The van der Waals surface area contributed by atoms with Crippen LogP contribution in [0.15, 0.2) is 42.6 Å². The Labute approximate surface area is 136 Å². The van der Waals surface area contributed by atoms with Gasteiger partial charge in [-0.2, -0.15) is 5.10 Å². The lowest BCUT2D eigenvalue weighted by atomic mass is 10.2. The molecule has 1 atom stereocenters. The van der Waals surface area contributed by atoms with Crippen LogP contribution in [0, 0.1) is 3.57 Å². The van der Waals surface area contributed by atoms with Gasteiger partial charge in [-0.25, -0.2) is 0 Å². The van der Waals surface area contributed by atoms with Crippen LogP contribution < -0.4 is 4.74 Å². The molecular weight excluding hydrogens is 381 g/mol. The number of benzene rings is 1. The molecule has 3 rings (SSSR count). The summed E-state index contributed by atoms with van der Waals surface area (Å²) in [4.78, 5) is 14.3. The highest BCUT2D eigenvalue weighted by atomic mass is 127. The van der Waals surface area contributed by atoms with Gasteiger partial charge in [0.05, 0.1) is 12.1 Å². The smallest absolute Gasteiger partial charge is 0.255 e. The quantitative estimate of drug-likeness (QED) is 0.749. The molecule has 1 fully saturated rings. The third-order valence-electron chi connectivity index (χ3n) is 3.37. The van der Waals surface area contributed by atoms with Gasteiger partial charge < -0.3 is 9.64 Å². The van der Waals surface area contributed by atoms with E-state index in [1.807, 2.05) is 29.2 Å². The van der Waals surface area contributed by atoms with E-state index in [4.69, 9.17) is 4.74 Å². The van der Waals surface area contributed by atoms with E-state index in [1.54, 1.807) is 18.3 Å². The lowest BCUT2D eigenvalue weighted by Crippen LogP contribution is -2.31. The molecule has 1 aromatic heterocycles. The summed E-state index contributed by atoms with van der Waals surface area (Å²) in [7, 11) is 0. The number of likely N-dealkylation sites (tertiary alicyclic amines) is 1. The van der Waals surface area contributed by atoms with Crippen molar-refractivity contribution < 1.29 is 9.53 Å². The molecule has 0 N–H and O–H groups in total. The number of aromatic nitrogens is 2. The molecule has 21 heavy (non-hydrogen) atoms. The first-order valence-corrected chi connectivity index (χ1v) is 7.80. The first-order valence-electron chi connectivity index (χ1n) is 6.72. The topological polar surface area (TPSA) is 55.3 Å². The number of carbonyl (C=O) groups excluding carboxylic acids is 1. The van der Waals surface area contributed by atoms with Gasteiger partial charge in [-0.05, 0) is 40.8 Å². The van der Waals surface area contributed by atoms with Crippen molar-refractivity contribution in [1.29, 1.82) is 0 Å². The summed E-state index contributed by atoms with van der Waals surface area (Å²) in [6, 6.07) is 11.2. The first kappa shape index (κ1) is 14.2. The number of hydrogen-bond acceptors (Lipinski definition) is 4. The van der Waals surface area contributed by atoms with Crippen LogP contribution in [-0.4, -0.2) is 40.2 Å². The molecule has 108 valence electrons. The van der Waals surface area contributed by atoms with Crippen LogP contribution >= 0.6 is 22.6 Å². The van der Waals surface area contributed by atoms with Gasteiger partial charge in [0.25, 0.3) is 5.91 Å². The first-order chi connectivity index (χ1) is 10.2. The number of hydrogen-bond donors (Lipinski definition) is 0. The fourth-order valence-electron chi connectivity index (χ4n) is 2.33. The van der Waals surface area contributed by atoms with Crippen LogP contribution in [0.4, 0.5) is 0 Å². The van der Waals surface area contributed by atoms with Crippen LogP contribution in [0.1, 0.15) is 16.8 Å². The Morgan fingerprint density at radius 2 is 2.14 bits per heavy atom. The van der Waals surface area contributed by atoms with Crippen molar-refractivity contribution in [1.82, 2.24) is 15.1 Å². The van der Waals surface area contributed by atoms with Crippen LogP contribution in [-0.2, 0) is 0 Å². The molecule has 1 saturated heterocycles. The summed E-state index contributed by atoms with van der Waals surface area (Å²) in [6.45, 7) is 1.29. The zero-order chi connectivity index (χ0) is 14.7. The second-order valence-electron chi connectivity index (χ2n) is 4.82. The maximum absolute atomic E-state index is 12.5. The molecule has 0 aliphatic carbocycles. The number of amides is 1. The minimum Gasteiger partial charge on any atom is -0.471 e. The fraction of sp³-hybridized carbons (Fsp3) is 0.267. The van der Waals surface area contributed by atoms with Gasteiger partial charge in [0.15, 0.2) is 0 Å². The third-order valence-corrected chi connectivity index (χ3v) is 4.31. The highest BCUT2D eigenvalue weighted by Gasteiger charge is 2.29. The largest absolute Gasteiger partial charge is 0.471 e. The summed E-state index contributed by atoms with van der Waals surface area (Å²) in [5.41, 5.74) is 0.748. The Kier molecular flexibility index (Phi) is 4.33. The van der Waals surface area contributed by atoms with Crippen molar-refractivity contribution in [2.24, 2.45) is 0 Å². The van der Waals surface area contributed by atoms with Crippen LogP contribution in [0.5, 0.6) is 5.88 Å². The molecule has 1 unspecified atom stereocenters. The second-order valence-corrected chi connectivity index (χ2v) is 5.98. The molecule has 1 aliphatic rings. The normalized spacial score (nSPS) is 17.8. The second kappa shape index (κ2) is 6.38. The lowest BCUT2D eigenvalue weighted by Gasteiger charge is -2.17. The van der Waals surface area contributed by atoms with Gasteiger partial charge in [-0.3, -0.25) is 4.79 Å². The standard InChI is InChI=1S/C15H14IN3O2/c16-13-5-2-1-4-12(13)15(20)19-9-7-11(10-19)21-14-6-3-8-17-18-14/h1-6,8,11H,7,9-10H2. The van der Waals surface area contributed by atoms with E-state index < -0.39 is 0 Å². The van der Waals surface area contributed by atoms with Gasteiger partial charge >= 0.3 is 0 Å². The molecule has 2 aromatic rings. The van der Waals surface area contributed by atoms with E-state index in [1.165, 1.54) is 0 Å². The minimum atomic E-state index is -0.0213. The molecule has 6 heteroatoms. The summed E-state index contributed by atoms with van der Waals surface area (Å²) < 4.78 is 6.72. The van der Waals surface area contributed by atoms with E-state index in [0.717, 1.165) is 15.6 Å². The Morgan fingerprint density at radius 1 is 1.29 bits per heavy atom. The molecule has 1 aromatic carbocycles. The molecule has 1 amide bonds. The molecule has 2 heterocycles. The van der Waals surface area contributed by atoms with Crippen molar-refractivity contribution >= 4 is 28.5 Å². The average Bonchev–Trinajstić information content (AvgIpc) is 2.97. The van der Waals surface area contributed by atoms with E-state index in [2.05, 4.69) is 32.8 Å².